The lowest BCUT2D eigenvalue weighted by Crippen LogP contribution is -2.43. The molecule has 18 heavy (non-hydrogen) atoms. The minimum absolute atomic E-state index is 0.139. The van der Waals surface area contributed by atoms with Gasteiger partial charge in [0.1, 0.15) is 0 Å². The van der Waals surface area contributed by atoms with Gasteiger partial charge in [0.05, 0.1) is 0 Å². The Morgan fingerprint density at radius 2 is 1.78 bits per heavy atom. The molecule has 0 amide bonds. The third kappa shape index (κ3) is 5.53. The van der Waals surface area contributed by atoms with Crippen LogP contribution in [-0.4, -0.2) is 5.54 Å². The van der Waals surface area contributed by atoms with E-state index in [0.29, 0.717) is 11.5 Å². The Balaban J connectivity index is 2.72. The van der Waals surface area contributed by atoms with Gasteiger partial charge in [-0.1, -0.05) is 48.8 Å². The molecule has 1 N–H and O–H groups in total. The maximum absolute atomic E-state index is 3.74. The van der Waals surface area contributed by atoms with E-state index < -0.39 is 0 Å². The van der Waals surface area contributed by atoms with Crippen molar-refractivity contribution in [2.45, 2.75) is 59.5 Å². The first kappa shape index (κ1) is 15.7. The summed E-state index contributed by atoms with van der Waals surface area (Å²) in [4.78, 5) is 0. The first-order valence-corrected chi connectivity index (χ1v) is 7.42. The fraction of sp³-hybridized carbons (Fsp3) is 0.625. The molecular weight excluding hydrogens is 286 g/mol. The van der Waals surface area contributed by atoms with Crippen molar-refractivity contribution in [3.8, 4) is 0 Å². The summed E-state index contributed by atoms with van der Waals surface area (Å²) in [5, 5.41) is 3.74. The lowest BCUT2D eigenvalue weighted by Gasteiger charge is -2.36. The summed E-state index contributed by atoms with van der Waals surface area (Å²) in [7, 11) is 0. The van der Waals surface area contributed by atoms with Crippen LogP contribution in [-0.2, 0) is 0 Å². The van der Waals surface area contributed by atoms with Crippen LogP contribution >= 0.6 is 15.9 Å². The van der Waals surface area contributed by atoms with Crippen molar-refractivity contribution in [1.29, 1.82) is 0 Å². The standard InChI is InChI=1S/C16H26BrN/c1-12(13-8-7-9-14(17)10-13)18-16(5,6)11-15(2,3)4/h7-10,12,18H,11H2,1-6H3. The molecule has 2 heteroatoms. The Morgan fingerprint density at radius 3 is 2.28 bits per heavy atom. The predicted octanol–water partition coefficient (Wildman–Crippen LogP) is 5.31. The van der Waals surface area contributed by atoms with Crippen molar-refractivity contribution < 1.29 is 0 Å². The second-order valence-electron chi connectivity index (χ2n) is 7.04. The highest BCUT2D eigenvalue weighted by atomic mass is 79.9. The molecule has 0 aliphatic heterocycles. The van der Waals surface area contributed by atoms with Crippen molar-refractivity contribution >= 4 is 15.9 Å². The monoisotopic (exact) mass is 311 g/mol. The summed E-state index contributed by atoms with van der Waals surface area (Å²) in [5.41, 5.74) is 1.80. The molecule has 102 valence electrons. The summed E-state index contributed by atoms with van der Waals surface area (Å²) in [6.45, 7) is 13.7. The second-order valence-corrected chi connectivity index (χ2v) is 7.96. The number of nitrogens with one attached hydrogen (secondary N) is 1. The van der Waals surface area contributed by atoms with E-state index in [4.69, 9.17) is 0 Å². The summed E-state index contributed by atoms with van der Waals surface area (Å²) in [6.07, 6.45) is 1.15. The number of benzene rings is 1. The van der Waals surface area contributed by atoms with Gasteiger partial charge in [-0.25, -0.2) is 0 Å². The zero-order valence-electron chi connectivity index (χ0n) is 12.5. The van der Waals surface area contributed by atoms with Crippen LogP contribution in [0.25, 0.3) is 0 Å². The van der Waals surface area contributed by atoms with Crippen molar-refractivity contribution in [1.82, 2.24) is 5.32 Å². The van der Waals surface area contributed by atoms with Gasteiger partial charge in [-0.05, 0) is 50.3 Å². The first-order valence-electron chi connectivity index (χ1n) is 6.62. The number of hydrogen-bond acceptors (Lipinski definition) is 1. The minimum Gasteiger partial charge on any atom is -0.305 e. The van der Waals surface area contributed by atoms with Gasteiger partial charge in [-0.15, -0.1) is 0 Å². The van der Waals surface area contributed by atoms with Crippen LogP contribution in [0.15, 0.2) is 28.7 Å². The minimum atomic E-state index is 0.139. The Labute approximate surface area is 120 Å². The molecule has 0 saturated heterocycles. The first-order chi connectivity index (χ1) is 8.09. The van der Waals surface area contributed by atoms with E-state index in [-0.39, 0.29) is 5.54 Å². The molecule has 0 aliphatic carbocycles. The summed E-state index contributed by atoms with van der Waals surface area (Å²) < 4.78 is 1.14. The highest BCUT2D eigenvalue weighted by Gasteiger charge is 2.26. The van der Waals surface area contributed by atoms with Crippen LogP contribution in [0.2, 0.25) is 0 Å². The van der Waals surface area contributed by atoms with Crippen LogP contribution in [0.5, 0.6) is 0 Å². The molecular formula is C16H26BrN. The highest BCUT2D eigenvalue weighted by molar-refractivity contribution is 9.10. The van der Waals surface area contributed by atoms with Gasteiger partial charge in [0.15, 0.2) is 0 Å². The van der Waals surface area contributed by atoms with Gasteiger partial charge < -0.3 is 5.32 Å². The van der Waals surface area contributed by atoms with Gasteiger partial charge in [0.25, 0.3) is 0 Å². The van der Waals surface area contributed by atoms with E-state index in [9.17, 15) is 0 Å². The van der Waals surface area contributed by atoms with Crippen LogP contribution in [0.3, 0.4) is 0 Å². The normalized spacial score (nSPS) is 14.6. The smallest absolute Gasteiger partial charge is 0.0297 e. The Hall–Kier alpha value is -0.340. The molecule has 0 aliphatic rings. The SMILES string of the molecule is CC(NC(C)(C)CC(C)(C)C)c1cccc(Br)c1. The molecule has 0 bridgehead atoms. The molecule has 1 aromatic carbocycles. The lowest BCUT2D eigenvalue weighted by atomic mass is 9.81. The van der Waals surface area contributed by atoms with Gasteiger partial charge in [0, 0.05) is 16.1 Å². The van der Waals surface area contributed by atoms with Crippen LogP contribution < -0.4 is 5.32 Å². The van der Waals surface area contributed by atoms with E-state index in [1.807, 2.05) is 0 Å². The Morgan fingerprint density at radius 1 is 1.17 bits per heavy atom. The van der Waals surface area contributed by atoms with Gasteiger partial charge in [-0.3, -0.25) is 0 Å². The molecule has 1 atom stereocenters. The molecule has 1 aromatic rings. The van der Waals surface area contributed by atoms with Crippen LogP contribution in [0.4, 0.5) is 0 Å². The zero-order chi connectivity index (χ0) is 14.0. The molecule has 0 saturated carbocycles. The lowest BCUT2D eigenvalue weighted by molar-refractivity contribution is 0.227. The third-order valence-corrected chi connectivity index (χ3v) is 3.42. The number of hydrogen-bond donors (Lipinski definition) is 1. The number of halogens is 1. The highest BCUT2D eigenvalue weighted by Crippen LogP contribution is 2.29. The molecule has 0 aromatic heterocycles. The molecule has 1 nitrogen and oxygen atoms in total. The maximum atomic E-state index is 3.74. The average Bonchev–Trinajstić information content (AvgIpc) is 2.12. The van der Waals surface area contributed by atoms with Crippen molar-refractivity contribution in [2.24, 2.45) is 5.41 Å². The molecule has 1 rings (SSSR count). The second kappa shape index (κ2) is 5.75. The van der Waals surface area contributed by atoms with E-state index in [1.54, 1.807) is 0 Å². The average molecular weight is 312 g/mol. The van der Waals surface area contributed by atoms with E-state index >= 15 is 0 Å². The molecule has 0 radical (unpaired) electrons. The topological polar surface area (TPSA) is 12.0 Å². The molecule has 0 fully saturated rings. The molecule has 1 unspecified atom stereocenters. The van der Waals surface area contributed by atoms with E-state index in [2.05, 4.69) is 87.1 Å². The van der Waals surface area contributed by atoms with Crippen molar-refractivity contribution in [3.05, 3.63) is 34.3 Å². The fourth-order valence-corrected chi connectivity index (χ4v) is 3.24. The number of rotatable bonds is 4. The van der Waals surface area contributed by atoms with Crippen molar-refractivity contribution in [3.63, 3.8) is 0 Å². The van der Waals surface area contributed by atoms with Crippen LogP contribution in [0.1, 0.15) is 59.6 Å². The van der Waals surface area contributed by atoms with Gasteiger partial charge >= 0.3 is 0 Å². The largest absolute Gasteiger partial charge is 0.305 e. The zero-order valence-corrected chi connectivity index (χ0v) is 14.1. The summed E-state index contributed by atoms with van der Waals surface area (Å²) >= 11 is 3.53. The van der Waals surface area contributed by atoms with Crippen LogP contribution in [0, 0.1) is 5.41 Å². The fourth-order valence-electron chi connectivity index (χ4n) is 2.82. The Bertz CT molecular complexity index is 390. The molecule has 0 heterocycles. The summed E-state index contributed by atoms with van der Waals surface area (Å²) in [5.74, 6) is 0. The van der Waals surface area contributed by atoms with E-state index in [1.165, 1.54) is 5.56 Å². The molecule has 0 spiro atoms. The van der Waals surface area contributed by atoms with Crippen molar-refractivity contribution in [2.75, 3.05) is 0 Å². The Kier molecular flexibility index (Phi) is 5.02. The quantitative estimate of drug-likeness (QED) is 0.794. The maximum Gasteiger partial charge on any atom is 0.0297 e. The summed E-state index contributed by atoms with van der Waals surface area (Å²) in [6, 6.07) is 8.88. The van der Waals surface area contributed by atoms with Gasteiger partial charge in [-0.2, -0.15) is 0 Å². The third-order valence-electron chi connectivity index (χ3n) is 2.93. The van der Waals surface area contributed by atoms with E-state index in [0.717, 1.165) is 10.9 Å². The van der Waals surface area contributed by atoms with Gasteiger partial charge in [0.2, 0.25) is 0 Å². The predicted molar refractivity (Wildman–Crippen MR) is 83.8 cm³/mol.